The molecule has 116 valence electrons. The van der Waals surface area contributed by atoms with Crippen molar-refractivity contribution in [1.82, 2.24) is 9.97 Å². The minimum atomic E-state index is -0.175. The van der Waals surface area contributed by atoms with Gasteiger partial charge in [-0.25, -0.2) is 15.8 Å². The molecule has 0 bridgehead atoms. The Balaban J connectivity index is 1.98. The fourth-order valence-corrected chi connectivity index (χ4v) is 3.11. The molecule has 1 unspecified atom stereocenters. The lowest BCUT2D eigenvalue weighted by atomic mass is 10.0. The van der Waals surface area contributed by atoms with Crippen molar-refractivity contribution >= 4 is 11.6 Å². The molecule has 1 aromatic rings. The van der Waals surface area contributed by atoms with Crippen LogP contribution in [-0.4, -0.2) is 34.8 Å². The van der Waals surface area contributed by atoms with Crippen LogP contribution in [0, 0.1) is 6.92 Å². The van der Waals surface area contributed by atoms with Gasteiger partial charge >= 0.3 is 0 Å². The standard InChI is InChI=1S/C15H25N5O/c1-9-7-20(8-15(3,4)21-9)14-10(2)12(19-16)17-13(18-14)11-5-6-11/h9,11H,5-8,16H2,1-4H3,(H,17,18,19). The van der Waals surface area contributed by atoms with Crippen LogP contribution in [0.2, 0.25) is 0 Å². The number of hydrogen-bond acceptors (Lipinski definition) is 6. The van der Waals surface area contributed by atoms with Crippen LogP contribution in [0.25, 0.3) is 0 Å². The molecule has 2 aliphatic rings. The number of nitrogen functional groups attached to an aromatic ring is 1. The summed E-state index contributed by atoms with van der Waals surface area (Å²) in [6.45, 7) is 10.0. The predicted molar refractivity (Wildman–Crippen MR) is 83.4 cm³/mol. The van der Waals surface area contributed by atoms with Crippen molar-refractivity contribution in [2.24, 2.45) is 5.84 Å². The molecule has 0 amide bonds. The molecule has 1 aliphatic heterocycles. The first-order valence-corrected chi connectivity index (χ1v) is 7.67. The van der Waals surface area contributed by atoms with E-state index in [2.05, 4.69) is 36.1 Å². The van der Waals surface area contributed by atoms with Gasteiger partial charge in [-0.3, -0.25) is 0 Å². The quantitative estimate of drug-likeness (QED) is 0.655. The number of rotatable bonds is 3. The summed E-state index contributed by atoms with van der Waals surface area (Å²) in [4.78, 5) is 11.7. The zero-order valence-electron chi connectivity index (χ0n) is 13.3. The number of anilines is 2. The van der Waals surface area contributed by atoms with Crippen molar-refractivity contribution in [3.63, 3.8) is 0 Å². The highest BCUT2D eigenvalue weighted by Crippen LogP contribution is 2.40. The Morgan fingerprint density at radius 3 is 2.62 bits per heavy atom. The topological polar surface area (TPSA) is 76.3 Å². The highest BCUT2D eigenvalue weighted by molar-refractivity contribution is 5.59. The Kier molecular flexibility index (Phi) is 3.53. The third kappa shape index (κ3) is 2.96. The van der Waals surface area contributed by atoms with E-state index in [1.807, 2.05) is 6.92 Å². The van der Waals surface area contributed by atoms with E-state index < -0.39 is 0 Å². The maximum atomic E-state index is 5.99. The fraction of sp³-hybridized carbons (Fsp3) is 0.733. The summed E-state index contributed by atoms with van der Waals surface area (Å²) in [6, 6.07) is 0. The van der Waals surface area contributed by atoms with E-state index in [0.29, 0.717) is 5.92 Å². The van der Waals surface area contributed by atoms with E-state index in [1.165, 1.54) is 12.8 Å². The number of aromatic nitrogens is 2. The van der Waals surface area contributed by atoms with E-state index in [4.69, 9.17) is 15.6 Å². The van der Waals surface area contributed by atoms with Crippen LogP contribution < -0.4 is 16.2 Å². The smallest absolute Gasteiger partial charge is 0.148 e. The number of ether oxygens (including phenoxy) is 1. The summed E-state index contributed by atoms with van der Waals surface area (Å²) in [5, 5.41) is 0. The van der Waals surface area contributed by atoms with Gasteiger partial charge in [-0.05, 0) is 40.5 Å². The van der Waals surface area contributed by atoms with Crippen molar-refractivity contribution in [1.29, 1.82) is 0 Å². The van der Waals surface area contributed by atoms with Gasteiger partial charge in [0.15, 0.2) is 0 Å². The van der Waals surface area contributed by atoms with Crippen molar-refractivity contribution in [3.8, 4) is 0 Å². The minimum Gasteiger partial charge on any atom is -0.369 e. The highest BCUT2D eigenvalue weighted by Gasteiger charge is 2.34. The van der Waals surface area contributed by atoms with Gasteiger partial charge in [-0.1, -0.05) is 0 Å². The molecule has 1 aromatic heterocycles. The first-order valence-electron chi connectivity index (χ1n) is 7.67. The number of nitrogens with one attached hydrogen (secondary N) is 1. The molecule has 2 heterocycles. The number of hydrogen-bond donors (Lipinski definition) is 2. The van der Waals surface area contributed by atoms with Crippen LogP contribution in [0.4, 0.5) is 11.6 Å². The van der Waals surface area contributed by atoms with Crippen molar-refractivity contribution in [2.75, 3.05) is 23.4 Å². The van der Waals surface area contributed by atoms with Gasteiger partial charge in [0.25, 0.3) is 0 Å². The second kappa shape index (κ2) is 5.10. The maximum Gasteiger partial charge on any atom is 0.148 e. The SMILES string of the molecule is Cc1c(NN)nc(C2CC2)nc1N1CC(C)OC(C)(C)C1. The van der Waals surface area contributed by atoms with Gasteiger partial charge in [0.1, 0.15) is 17.5 Å². The van der Waals surface area contributed by atoms with Gasteiger partial charge < -0.3 is 15.1 Å². The molecule has 6 heteroatoms. The van der Waals surface area contributed by atoms with Crippen molar-refractivity contribution in [3.05, 3.63) is 11.4 Å². The van der Waals surface area contributed by atoms with Crippen molar-refractivity contribution < 1.29 is 4.74 Å². The maximum absolute atomic E-state index is 5.99. The lowest BCUT2D eigenvalue weighted by Gasteiger charge is -2.42. The van der Waals surface area contributed by atoms with Crippen LogP contribution in [0.3, 0.4) is 0 Å². The molecule has 21 heavy (non-hydrogen) atoms. The summed E-state index contributed by atoms with van der Waals surface area (Å²) >= 11 is 0. The largest absolute Gasteiger partial charge is 0.369 e. The normalized spacial score (nSPS) is 25.0. The molecule has 1 saturated heterocycles. The minimum absolute atomic E-state index is 0.175. The molecule has 3 rings (SSSR count). The van der Waals surface area contributed by atoms with Gasteiger partial charge in [-0.2, -0.15) is 0 Å². The molecular formula is C15H25N5O. The molecule has 3 N–H and O–H groups in total. The summed E-state index contributed by atoms with van der Waals surface area (Å²) < 4.78 is 5.99. The highest BCUT2D eigenvalue weighted by atomic mass is 16.5. The number of nitrogens with two attached hydrogens (primary N) is 1. The lowest BCUT2D eigenvalue weighted by Crippen LogP contribution is -2.52. The summed E-state index contributed by atoms with van der Waals surface area (Å²) in [6.07, 6.45) is 2.54. The molecule has 0 spiro atoms. The zero-order valence-corrected chi connectivity index (χ0v) is 13.3. The molecule has 0 aromatic carbocycles. The Morgan fingerprint density at radius 1 is 1.33 bits per heavy atom. The molecule has 0 radical (unpaired) electrons. The summed E-state index contributed by atoms with van der Waals surface area (Å²) in [5.74, 6) is 8.78. The fourth-order valence-electron chi connectivity index (χ4n) is 3.11. The summed E-state index contributed by atoms with van der Waals surface area (Å²) in [5.41, 5.74) is 3.55. The monoisotopic (exact) mass is 291 g/mol. The third-order valence-electron chi connectivity index (χ3n) is 4.09. The Labute approximate surface area is 126 Å². The number of hydrazine groups is 1. The van der Waals surface area contributed by atoms with E-state index >= 15 is 0 Å². The third-order valence-corrected chi connectivity index (χ3v) is 4.09. The van der Waals surface area contributed by atoms with Crippen LogP contribution in [0.15, 0.2) is 0 Å². The van der Waals surface area contributed by atoms with E-state index in [1.54, 1.807) is 0 Å². The Morgan fingerprint density at radius 2 is 2.05 bits per heavy atom. The van der Waals surface area contributed by atoms with E-state index in [9.17, 15) is 0 Å². The molecule has 1 aliphatic carbocycles. The molecule has 1 saturated carbocycles. The van der Waals surface area contributed by atoms with Crippen LogP contribution in [0.1, 0.15) is 50.9 Å². The predicted octanol–water partition coefficient (Wildman–Crippen LogP) is 1.95. The molecule has 2 fully saturated rings. The van der Waals surface area contributed by atoms with Crippen LogP contribution in [0.5, 0.6) is 0 Å². The first-order chi connectivity index (χ1) is 9.89. The molecule has 6 nitrogen and oxygen atoms in total. The van der Waals surface area contributed by atoms with Crippen LogP contribution in [-0.2, 0) is 4.74 Å². The van der Waals surface area contributed by atoms with Crippen molar-refractivity contribution in [2.45, 2.75) is 58.2 Å². The van der Waals surface area contributed by atoms with Crippen LogP contribution >= 0.6 is 0 Å². The van der Waals surface area contributed by atoms with Gasteiger partial charge in [-0.15, -0.1) is 0 Å². The zero-order chi connectivity index (χ0) is 15.2. The average molecular weight is 291 g/mol. The second-order valence-electron chi connectivity index (χ2n) is 6.87. The summed E-state index contributed by atoms with van der Waals surface area (Å²) in [7, 11) is 0. The number of nitrogens with zero attached hydrogens (tertiary/aromatic N) is 3. The Hall–Kier alpha value is -1.40. The first kappa shape index (κ1) is 14.5. The van der Waals surface area contributed by atoms with E-state index in [0.717, 1.165) is 36.1 Å². The molecular weight excluding hydrogens is 266 g/mol. The molecule has 1 atom stereocenters. The second-order valence-corrected chi connectivity index (χ2v) is 6.87. The Bertz CT molecular complexity index is 541. The average Bonchev–Trinajstić information content (AvgIpc) is 3.20. The van der Waals surface area contributed by atoms with Gasteiger partial charge in [0.05, 0.1) is 11.7 Å². The van der Waals surface area contributed by atoms with Gasteiger partial charge in [0.2, 0.25) is 0 Å². The van der Waals surface area contributed by atoms with E-state index in [-0.39, 0.29) is 11.7 Å². The lowest BCUT2D eigenvalue weighted by molar-refractivity contribution is -0.0752. The number of morpholine rings is 1. The van der Waals surface area contributed by atoms with Gasteiger partial charge in [0, 0.05) is 24.6 Å².